The third kappa shape index (κ3) is 3.04. The van der Waals surface area contributed by atoms with Crippen molar-refractivity contribution in [2.24, 2.45) is 5.92 Å². The molecule has 1 aliphatic heterocycles. The van der Waals surface area contributed by atoms with Gasteiger partial charge in [0.2, 0.25) is 0 Å². The molecule has 3 atom stereocenters. The van der Waals surface area contributed by atoms with Crippen molar-refractivity contribution in [2.75, 3.05) is 5.75 Å². The third-order valence-electron chi connectivity index (χ3n) is 5.46. The highest BCUT2D eigenvalue weighted by atomic mass is 32.2. The molecule has 118 valence electrons. The molecule has 0 aliphatic carbocycles. The van der Waals surface area contributed by atoms with Crippen LogP contribution in [0.1, 0.15) is 87.1 Å². The lowest BCUT2D eigenvalue weighted by molar-refractivity contribution is 0.531. The van der Waals surface area contributed by atoms with Gasteiger partial charge in [-0.2, -0.15) is 11.8 Å². The van der Waals surface area contributed by atoms with Gasteiger partial charge in [-0.3, -0.25) is 0 Å². The first-order valence-electron chi connectivity index (χ1n) is 8.51. The molecule has 1 aromatic rings. The molecule has 1 unspecified atom stereocenters. The van der Waals surface area contributed by atoms with Crippen LogP contribution in [0.3, 0.4) is 0 Å². The van der Waals surface area contributed by atoms with Crippen molar-refractivity contribution in [3.63, 3.8) is 0 Å². The van der Waals surface area contributed by atoms with Gasteiger partial charge >= 0.3 is 0 Å². The van der Waals surface area contributed by atoms with Crippen LogP contribution in [-0.4, -0.2) is 11.0 Å². The third-order valence-corrected chi connectivity index (χ3v) is 6.95. The minimum Gasteiger partial charge on any atom is -0.158 e. The molecule has 0 amide bonds. The van der Waals surface area contributed by atoms with Crippen LogP contribution in [0.4, 0.5) is 0 Å². The lowest BCUT2D eigenvalue weighted by atomic mass is 9.75. The van der Waals surface area contributed by atoms with Gasteiger partial charge in [-0.25, -0.2) is 0 Å². The molecule has 0 bridgehead atoms. The quantitative estimate of drug-likeness (QED) is 0.608. The molecule has 1 heterocycles. The number of benzene rings is 1. The molecular formula is C20H32S. The fourth-order valence-corrected chi connectivity index (χ4v) is 5.20. The fourth-order valence-electron chi connectivity index (χ4n) is 3.71. The van der Waals surface area contributed by atoms with E-state index in [9.17, 15) is 0 Å². The second-order valence-electron chi connectivity index (χ2n) is 7.57. The van der Waals surface area contributed by atoms with Crippen LogP contribution in [0.25, 0.3) is 0 Å². The first-order chi connectivity index (χ1) is 9.75. The van der Waals surface area contributed by atoms with Gasteiger partial charge in [0.15, 0.2) is 0 Å². The molecule has 0 aromatic heterocycles. The van der Waals surface area contributed by atoms with E-state index in [-0.39, 0.29) is 0 Å². The summed E-state index contributed by atoms with van der Waals surface area (Å²) in [5.41, 5.74) is 8.00. The molecule has 0 fully saturated rings. The van der Waals surface area contributed by atoms with Crippen molar-refractivity contribution >= 4 is 11.8 Å². The first kappa shape index (κ1) is 16.9. The molecule has 2 rings (SSSR count). The number of hydrogen-bond donors (Lipinski definition) is 0. The minimum absolute atomic E-state index is 0.616. The van der Waals surface area contributed by atoms with Crippen LogP contribution >= 0.6 is 11.8 Å². The summed E-state index contributed by atoms with van der Waals surface area (Å²) in [7, 11) is 0. The number of aryl methyl sites for hydroxylation is 1. The van der Waals surface area contributed by atoms with E-state index in [0.717, 1.165) is 0 Å². The molecule has 1 heteroatoms. The SMILES string of the molecule is Cc1cc(C(C)C)c2c(c1C)[C@H](C)[C@H](C)SCC2C(C)C. The highest BCUT2D eigenvalue weighted by Gasteiger charge is 2.33. The number of rotatable bonds is 2. The Hall–Kier alpha value is -0.430. The molecule has 0 nitrogen and oxygen atoms in total. The van der Waals surface area contributed by atoms with Gasteiger partial charge in [0.1, 0.15) is 0 Å². The van der Waals surface area contributed by atoms with Crippen LogP contribution in [0.5, 0.6) is 0 Å². The van der Waals surface area contributed by atoms with E-state index in [0.29, 0.717) is 28.9 Å². The Morgan fingerprint density at radius 3 is 2.19 bits per heavy atom. The fraction of sp³-hybridized carbons (Fsp3) is 0.700. The zero-order valence-electron chi connectivity index (χ0n) is 15.1. The van der Waals surface area contributed by atoms with Crippen molar-refractivity contribution in [3.05, 3.63) is 33.9 Å². The van der Waals surface area contributed by atoms with E-state index in [4.69, 9.17) is 0 Å². The van der Waals surface area contributed by atoms with Crippen LogP contribution in [0.2, 0.25) is 0 Å². The molecule has 0 radical (unpaired) electrons. The van der Waals surface area contributed by atoms with Gasteiger partial charge in [-0.05, 0) is 65.3 Å². The van der Waals surface area contributed by atoms with Gasteiger partial charge in [0.05, 0.1) is 0 Å². The van der Waals surface area contributed by atoms with Crippen molar-refractivity contribution in [3.8, 4) is 0 Å². The molecule has 0 spiro atoms. The zero-order valence-corrected chi connectivity index (χ0v) is 15.9. The van der Waals surface area contributed by atoms with Gasteiger partial charge in [-0.1, -0.05) is 47.6 Å². The summed E-state index contributed by atoms with van der Waals surface area (Å²) in [6.45, 7) is 19.0. The Labute approximate surface area is 136 Å². The van der Waals surface area contributed by atoms with Crippen molar-refractivity contribution in [2.45, 2.75) is 78.4 Å². The maximum absolute atomic E-state index is 2.47. The van der Waals surface area contributed by atoms with Gasteiger partial charge in [-0.15, -0.1) is 0 Å². The highest BCUT2D eigenvalue weighted by molar-refractivity contribution is 7.99. The second kappa shape index (κ2) is 6.36. The minimum atomic E-state index is 0.616. The predicted octanol–water partition coefficient (Wildman–Crippen LogP) is 6.41. The maximum Gasteiger partial charge on any atom is 0.00852 e. The van der Waals surface area contributed by atoms with E-state index < -0.39 is 0 Å². The smallest absolute Gasteiger partial charge is 0.00852 e. The Kier molecular flexibility index (Phi) is 5.13. The average Bonchev–Trinajstić information content (AvgIpc) is 2.52. The summed E-state index contributed by atoms with van der Waals surface area (Å²) in [5, 5.41) is 0.716. The highest BCUT2D eigenvalue weighted by Crippen LogP contribution is 2.47. The Morgan fingerprint density at radius 2 is 1.67 bits per heavy atom. The van der Waals surface area contributed by atoms with Crippen molar-refractivity contribution in [1.29, 1.82) is 0 Å². The summed E-state index contributed by atoms with van der Waals surface area (Å²) in [5.74, 6) is 3.97. The van der Waals surface area contributed by atoms with E-state index in [2.05, 4.69) is 73.2 Å². The molecule has 21 heavy (non-hydrogen) atoms. The molecule has 0 N–H and O–H groups in total. The summed E-state index contributed by atoms with van der Waals surface area (Å²) in [6.07, 6.45) is 0. The molecule has 0 saturated carbocycles. The number of hydrogen-bond acceptors (Lipinski definition) is 1. The largest absolute Gasteiger partial charge is 0.158 e. The van der Waals surface area contributed by atoms with Crippen LogP contribution in [-0.2, 0) is 0 Å². The van der Waals surface area contributed by atoms with Crippen LogP contribution < -0.4 is 0 Å². The zero-order chi connectivity index (χ0) is 15.9. The van der Waals surface area contributed by atoms with E-state index in [1.165, 1.54) is 11.3 Å². The molecular weight excluding hydrogens is 272 g/mol. The second-order valence-corrected chi connectivity index (χ2v) is 8.98. The maximum atomic E-state index is 2.47. The molecule has 1 aliphatic rings. The Bertz CT molecular complexity index is 513. The summed E-state index contributed by atoms with van der Waals surface area (Å²) >= 11 is 2.17. The molecule has 0 saturated heterocycles. The monoisotopic (exact) mass is 304 g/mol. The summed E-state index contributed by atoms with van der Waals surface area (Å²) in [6, 6.07) is 2.47. The normalized spacial score (nSPS) is 26.1. The van der Waals surface area contributed by atoms with Crippen LogP contribution in [0, 0.1) is 19.8 Å². The number of fused-ring (bicyclic) bond motifs is 1. The lowest BCUT2D eigenvalue weighted by Crippen LogP contribution is -2.16. The van der Waals surface area contributed by atoms with E-state index >= 15 is 0 Å². The molecule has 1 aromatic carbocycles. The summed E-state index contributed by atoms with van der Waals surface area (Å²) < 4.78 is 0. The van der Waals surface area contributed by atoms with Gasteiger partial charge in [0, 0.05) is 11.0 Å². The van der Waals surface area contributed by atoms with E-state index in [1.807, 2.05) is 0 Å². The van der Waals surface area contributed by atoms with Crippen molar-refractivity contribution < 1.29 is 0 Å². The Morgan fingerprint density at radius 1 is 1.05 bits per heavy atom. The lowest BCUT2D eigenvalue weighted by Gasteiger charge is -2.29. The average molecular weight is 305 g/mol. The van der Waals surface area contributed by atoms with Gasteiger partial charge < -0.3 is 0 Å². The topological polar surface area (TPSA) is 0 Å². The summed E-state index contributed by atoms with van der Waals surface area (Å²) in [4.78, 5) is 0. The van der Waals surface area contributed by atoms with Crippen molar-refractivity contribution in [1.82, 2.24) is 0 Å². The number of thioether (sulfide) groups is 1. The van der Waals surface area contributed by atoms with Gasteiger partial charge in [0.25, 0.3) is 0 Å². The first-order valence-corrected chi connectivity index (χ1v) is 9.56. The van der Waals surface area contributed by atoms with E-state index in [1.54, 1.807) is 22.3 Å². The predicted molar refractivity (Wildman–Crippen MR) is 97.9 cm³/mol. The standard InChI is InChI=1S/C20H32S/c1-11(2)17-9-13(5)14(6)19-15(7)16(8)21-10-18(12(3)4)20(17)19/h9,11-12,15-16,18H,10H2,1-8H3/t15-,16+,18?/m1/s1. The Balaban J connectivity index is 2.79. The van der Waals surface area contributed by atoms with Crippen LogP contribution in [0.15, 0.2) is 6.07 Å².